The van der Waals surface area contributed by atoms with Crippen molar-refractivity contribution in [1.29, 1.82) is 0 Å². The van der Waals surface area contributed by atoms with Crippen LogP contribution in [0.3, 0.4) is 0 Å². The first-order valence-electron chi connectivity index (χ1n) is 11.7. The molecule has 0 spiro atoms. The van der Waals surface area contributed by atoms with E-state index in [2.05, 4.69) is 46.0 Å². The molecule has 1 aliphatic carbocycles. The summed E-state index contributed by atoms with van der Waals surface area (Å²) in [6, 6.07) is 3.35. The molecule has 1 N–H and O–H groups in total. The molecule has 0 bridgehead atoms. The summed E-state index contributed by atoms with van der Waals surface area (Å²) >= 11 is 0.982. The fourth-order valence-electron chi connectivity index (χ4n) is 4.17. The molecule has 7 nitrogen and oxygen atoms in total. The van der Waals surface area contributed by atoms with Crippen molar-refractivity contribution in [2.75, 3.05) is 5.32 Å². The standard InChI is InChI=1S/C25H30FN5O2S/c1-14(2)19-8-9-27-25(31-19)29-12-18-11-21(26)34-22(18)23-28-13-20(16(4)30-23)33-24(32)17-7-5-6-15(3)10-17/h8-9,11,13-15,17H,5-7,10,12H2,1-4H3,(H,27,29,31)/t15-,17-/m0/s1. The van der Waals surface area contributed by atoms with E-state index in [9.17, 15) is 9.18 Å². The Balaban J connectivity index is 1.48. The van der Waals surface area contributed by atoms with Crippen LogP contribution in [-0.2, 0) is 11.3 Å². The van der Waals surface area contributed by atoms with Gasteiger partial charge >= 0.3 is 5.97 Å². The molecule has 1 fully saturated rings. The van der Waals surface area contributed by atoms with Crippen LogP contribution in [0.25, 0.3) is 10.7 Å². The maximum Gasteiger partial charge on any atom is 0.314 e. The quantitative estimate of drug-likeness (QED) is 0.418. The van der Waals surface area contributed by atoms with Gasteiger partial charge in [0.15, 0.2) is 16.7 Å². The SMILES string of the molecule is Cc1nc(-c2sc(F)cc2CNc2nccc(C(C)C)n2)ncc1OC(=O)[C@H]1CCC[C@H](C)C1. The number of thiophene rings is 1. The topological polar surface area (TPSA) is 89.9 Å². The Morgan fingerprint density at radius 1 is 1.29 bits per heavy atom. The number of anilines is 1. The van der Waals surface area contributed by atoms with Crippen LogP contribution in [0.15, 0.2) is 24.5 Å². The number of aromatic nitrogens is 4. The van der Waals surface area contributed by atoms with Crippen LogP contribution in [0.5, 0.6) is 5.75 Å². The molecule has 1 saturated carbocycles. The third kappa shape index (κ3) is 5.75. The van der Waals surface area contributed by atoms with Gasteiger partial charge in [0, 0.05) is 18.4 Å². The Hall–Kier alpha value is -2.94. The number of ether oxygens (including phenoxy) is 1. The molecule has 0 radical (unpaired) electrons. The van der Waals surface area contributed by atoms with Gasteiger partial charge in [-0.25, -0.2) is 19.9 Å². The molecule has 34 heavy (non-hydrogen) atoms. The minimum absolute atomic E-state index is 0.0803. The highest BCUT2D eigenvalue weighted by atomic mass is 32.1. The first-order chi connectivity index (χ1) is 16.3. The van der Waals surface area contributed by atoms with E-state index in [-0.39, 0.29) is 22.9 Å². The van der Waals surface area contributed by atoms with Crippen LogP contribution in [0.1, 0.15) is 69.3 Å². The highest BCUT2D eigenvalue weighted by molar-refractivity contribution is 7.14. The predicted molar refractivity (Wildman–Crippen MR) is 130 cm³/mol. The average Bonchev–Trinajstić information content (AvgIpc) is 3.19. The molecule has 9 heteroatoms. The summed E-state index contributed by atoms with van der Waals surface area (Å²) in [5.74, 6) is 1.74. The molecule has 1 aliphatic rings. The summed E-state index contributed by atoms with van der Waals surface area (Å²) in [6.07, 6.45) is 7.13. The summed E-state index contributed by atoms with van der Waals surface area (Å²) in [6.45, 7) is 8.40. The minimum Gasteiger partial charge on any atom is -0.423 e. The Kier molecular flexibility index (Phi) is 7.50. The molecule has 3 heterocycles. The molecule has 0 aliphatic heterocycles. The number of hydrogen-bond acceptors (Lipinski definition) is 8. The number of esters is 1. The van der Waals surface area contributed by atoms with Crippen LogP contribution in [0, 0.1) is 23.9 Å². The van der Waals surface area contributed by atoms with Gasteiger partial charge in [-0.2, -0.15) is 4.39 Å². The first-order valence-corrected chi connectivity index (χ1v) is 12.5. The molecule has 3 aromatic rings. The maximum absolute atomic E-state index is 14.2. The van der Waals surface area contributed by atoms with E-state index in [0.717, 1.165) is 42.7 Å². The summed E-state index contributed by atoms with van der Waals surface area (Å²) in [5, 5.41) is 2.84. The van der Waals surface area contributed by atoms with Crippen molar-refractivity contribution in [3.8, 4) is 16.5 Å². The summed E-state index contributed by atoms with van der Waals surface area (Å²) in [7, 11) is 0. The molecule has 180 valence electrons. The van der Waals surface area contributed by atoms with Crippen LogP contribution >= 0.6 is 11.3 Å². The number of hydrogen-bond donors (Lipinski definition) is 1. The number of nitrogens with one attached hydrogen (secondary N) is 1. The summed E-state index contributed by atoms with van der Waals surface area (Å²) in [5.41, 5.74) is 2.19. The monoisotopic (exact) mass is 483 g/mol. The molecule has 0 saturated heterocycles. The Labute approximate surface area is 203 Å². The van der Waals surface area contributed by atoms with E-state index >= 15 is 0 Å². The van der Waals surface area contributed by atoms with Crippen LogP contribution in [0.2, 0.25) is 0 Å². The van der Waals surface area contributed by atoms with Crippen LogP contribution in [-0.4, -0.2) is 25.9 Å². The second kappa shape index (κ2) is 10.5. The van der Waals surface area contributed by atoms with Gasteiger partial charge in [0.2, 0.25) is 5.95 Å². The second-order valence-corrected chi connectivity index (χ2v) is 10.3. The molecular weight excluding hydrogens is 453 g/mol. The third-order valence-electron chi connectivity index (χ3n) is 6.10. The Morgan fingerprint density at radius 2 is 2.12 bits per heavy atom. The lowest BCUT2D eigenvalue weighted by Crippen LogP contribution is -2.26. The lowest BCUT2D eigenvalue weighted by Gasteiger charge is -2.25. The zero-order valence-corrected chi connectivity index (χ0v) is 20.8. The number of aryl methyl sites for hydroxylation is 1. The molecule has 2 atom stereocenters. The first kappa shape index (κ1) is 24.2. The van der Waals surface area contributed by atoms with E-state index in [1.165, 1.54) is 12.3 Å². The van der Waals surface area contributed by atoms with Gasteiger partial charge in [-0.05, 0) is 49.3 Å². The smallest absolute Gasteiger partial charge is 0.314 e. The minimum atomic E-state index is -0.327. The fraction of sp³-hybridized carbons (Fsp3) is 0.480. The highest BCUT2D eigenvalue weighted by Gasteiger charge is 2.27. The van der Waals surface area contributed by atoms with Crippen molar-refractivity contribution >= 4 is 23.3 Å². The number of carbonyl (C=O) groups excluding carboxylic acids is 1. The number of rotatable bonds is 7. The Bertz CT molecular complexity index is 1170. The van der Waals surface area contributed by atoms with E-state index in [1.807, 2.05) is 6.07 Å². The van der Waals surface area contributed by atoms with E-state index in [4.69, 9.17) is 4.74 Å². The Morgan fingerprint density at radius 3 is 2.85 bits per heavy atom. The molecule has 4 rings (SSSR count). The van der Waals surface area contributed by atoms with Crippen molar-refractivity contribution in [2.24, 2.45) is 11.8 Å². The molecule has 0 amide bonds. The number of halogens is 1. The molecule has 0 aromatic carbocycles. The normalized spacial score (nSPS) is 18.2. The second-order valence-electron chi connectivity index (χ2n) is 9.25. The van der Waals surface area contributed by atoms with Crippen molar-refractivity contribution in [3.05, 3.63) is 46.6 Å². The van der Waals surface area contributed by atoms with Gasteiger partial charge in [-0.3, -0.25) is 4.79 Å². The fourth-order valence-corrected chi connectivity index (χ4v) is 5.02. The zero-order chi connectivity index (χ0) is 24.2. The highest BCUT2D eigenvalue weighted by Crippen LogP contribution is 2.33. The van der Waals surface area contributed by atoms with Crippen molar-refractivity contribution in [1.82, 2.24) is 19.9 Å². The lowest BCUT2D eigenvalue weighted by atomic mass is 9.82. The van der Waals surface area contributed by atoms with Crippen molar-refractivity contribution in [2.45, 2.75) is 65.8 Å². The lowest BCUT2D eigenvalue weighted by molar-refractivity contribution is -0.140. The van der Waals surface area contributed by atoms with Crippen LogP contribution < -0.4 is 10.1 Å². The van der Waals surface area contributed by atoms with Crippen molar-refractivity contribution in [3.63, 3.8) is 0 Å². The van der Waals surface area contributed by atoms with Gasteiger partial charge in [0.1, 0.15) is 0 Å². The number of nitrogens with zero attached hydrogens (tertiary/aromatic N) is 4. The maximum atomic E-state index is 14.2. The summed E-state index contributed by atoms with van der Waals surface area (Å²) < 4.78 is 19.8. The van der Waals surface area contributed by atoms with E-state index < -0.39 is 0 Å². The van der Waals surface area contributed by atoms with Crippen LogP contribution in [0.4, 0.5) is 10.3 Å². The largest absolute Gasteiger partial charge is 0.423 e. The van der Waals surface area contributed by atoms with Gasteiger partial charge in [0.25, 0.3) is 0 Å². The number of carbonyl (C=O) groups is 1. The predicted octanol–water partition coefficient (Wildman–Crippen LogP) is 5.91. The van der Waals surface area contributed by atoms with Gasteiger partial charge < -0.3 is 10.1 Å². The van der Waals surface area contributed by atoms with E-state index in [1.54, 1.807) is 13.1 Å². The van der Waals surface area contributed by atoms with Gasteiger partial charge in [0.05, 0.1) is 22.7 Å². The van der Waals surface area contributed by atoms with Crippen molar-refractivity contribution < 1.29 is 13.9 Å². The molecule has 0 unspecified atom stereocenters. The van der Waals surface area contributed by atoms with Gasteiger partial charge in [-0.15, -0.1) is 11.3 Å². The van der Waals surface area contributed by atoms with Gasteiger partial charge in [-0.1, -0.05) is 33.6 Å². The van der Waals surface area contributed by atoms with E-state index in [0.29, 0.717) is 46.1 Å². The zero-order valence-electron chi connectivity index (χ0n) is 20.0. The molecular formula is C25H30FN5O2S. The summed E-state index contributed by atoms with van der Waals surface area (Å²) in [4.78, 5) is 30.9. The third-order valence-corrected chi connectivity index (χ3v) is 7.06. The average molecular weight is 484 g/mol. The molecule has 3 aromatic heterocycles.